The lowest BCUT2D eigenvalue weighted by Gasteiger charge is -2.38. The number of likely N-dealkylation sites (tertiary alicyclic amines) is 2. The van der Waals surface area contributed by atoms with Crippen LogP contribution < -0.4 is 0 Å². The summed E-state index contributed by atoms with van der Waals surface area (Å²) in [6.07, 6.45) is 17.1. The van der Waals surface area contributed by atoms with Crippen molar-refractivity contribution in [2.75, 3.05) is 39.3 Å². The average molecular weight is 409 g/mol. The molecular weight excluding hydrogens is 356 g/mol. The van der Waals surface area contributed by atoms with Gasteiger partial charge < -0.3 is 14.5 Å². The van der Waals surface area contributed by atoms with Gasteiger partial charge in [-0.15, -0.1) is 0 Å². The molecule has 2 rings (SSSR count). The number of ether oxygens (including phenoxy) is 1. The lowest BCUT2D eigenvalue weighted by atomic mass is 9.94. The van der Waals surface area contributed by atoms with E-state index in [9.17, 15) is 0 Å². The van der Waals surface area contributed by atoms with Gasteiger partial charge in [-0.1, -0.05) is 59.8 Å². The Morgan fingerprint density at radius 2 is 1.17 bits per heavy atom. The second-order valence-electron chi connectivity index (χ2n) is 10.2. The zero-order valence-electron chi connectivity index (χ0n) is 20.3. The molecular formula is C26H52N2O. The highest BCUT2D eigenvalue weighted by molar-refractivity contribution is 4.79. The van der Waals surface area contributed by atoms with Gasteiger partial charge in [0.15, 0.2) is 0 Å². The Hall–Kier alpha value is -0.120. The summed E-state index contributed by atoms with van der Waals surface area (Å²) < 4.78 is 6.56. The Balaban J connectivity index is 1.62. The molecule has 2 saturated heterocycles. The molecule has 2 aliphatic rings. The van der Waals surface area contributed by atoms with Crippen molar-refractivity contribution in [3.8, 4) is 0 Å². The molecule has 3 heteroatoms. The molecule has 0 N–H and O–H groups in total. The molecule has 0 amide bonds. The fourth-order valence-corrected chi connectivity index (χ4v) is 5.43. The van der Waals surface area contributed by atoms with E-state index in [1.165, 1.54) is 116 Å². The van der Waals surface area contributed by atoms with Crippen molar-refractivity contribution in [2.45, 2.75) is 117 Å². The molecule has 0 spiro atoms. The lowest BCUT2D eigenvalue weighted by molar-refractivity contribution is -0.0670. The first-order valence-electron chi connectivity index (χ1n) is 13.2. The monoisotopic (exact) mass is 408 g/mol. The summed E-state index contributed by atoms with van der Waals surface area (Å²) in [7, 11) is 0. The third-order valence-corrected chi connectivity index (χ3v) is 7.25. The fraction of sp³-hybridized carbons (Fsp3) is 1.00. The van der Waals surface area contributed by atoms with Crippen LogP contribution in [0.4, 0.5) is 0 Å². The minimum Gasteiger partial charge on any atom is -0.375 e. The van der Waals surface area contributed by atoms with Crippen LogP contribution in [-0.4, -0.2) is 61.3 Å². The zero-order chi connectivity index (χ0) is 20.9. The first-order valence-corrected chi connectivity index (χ1v) is 13.2. The average Bonchev–Trinajstić information content (AvgIpc) is 2.73. The van der Waals surface area contributed by atoms with Crippen LogP contribution in [0.5, 0.6) is 0 Å². The van der Waals surface area contributed by atoms with Crippen LogP contribution in [0.15, 0.2) is 0 Å². The smallest absolute Gasteiger partial charge is 0.0603 e. The van der Waals surface area contributed by atoms with Crippen molar-refractivity contribution in [2.24, 2.45) is 11.8 Å². The van der Waals surface area contributed by atoms with Crippen LogP contribution >= 0.6 is 0 Å². The van der Waals surface area contributed by atoms with Gasteiger partial charge in [-0.05, 0) is 56.8 Å². The molecule has 0 aromatic carbocycles. The number of unbranched alkanes of at least 4 members (excludes halogenated alkanes) is 2. The first kappa shape index (κ1) is 25.1. The standard InChI is InChI=1S/C26H52N2O/c1-5-8-11-24(12-9-6-2)22-28-19-15-26(16-20-28)29-25-13-17-27(18-14-25)21-23(4)10-7-3/h23-26H,5-22H2,1-4H3. The van der Waals surface area contributed by atoms with Crippen LogP contribution in [0.2, 0.25) is 0 Å². The first-order chi connectivity index (χ1) is 14.1. The fourth-order valence-electron chi connectivity index (χ4n) is 5.43. The van der Waals surface area contributed by atoms with Gasteiger partial charge >= 0.3 is 0 Å². The van der Waals surface area contributed by atoms with Crippen LogP contribution in [0, 0.1) is 11.8 Å². The predicted molar refractivity (Wildman–Crippen MR) is 127 cm³/mol. The Morgan fingerprint density at radius 1 is 0.690 bits per heavy atom. The van der Waals surface area contributed by atoms with E-state index in [1.54, 1.807) is 0 Å². The van der Waals surface area contributed by atoms with E-state index >= 15 is 0 Å². The maximum atomic E-state index is 6.56. The molecule has 1 unspecified atom stereocenters. The molecule has 0 saturated carbocycles. The van der Waals surface area contributed by atoms with E-state index in [1.807, 2.05) is 0 Å². The normalized spacial score (nSPS) is 21.8. The second-order valence-corrected chi connectivity index (χ2v) is 10.2. The zero-order valence-corrected chi connectivity index (χ0v) is 20.3. The van der Waals surface area contributed by atoms with Gasteiger partial charge in [-0.3, -0.25) is 0 Å². The third-order valence-electron chi connectivity index (χ3n) is 7.25. The van der Waals surface area contributed by atoms with Gasteiger partial charge in [0.1, 0.15) is 0 Å². The van der Waals surface area contributed by atoms with Crippen molar-refractivity contribution in [1.82, 2.24) is 9.80 Å². The maximum absolute atomic E-state index is 6.56. The van der Waals surface area contributed by atoms with Crippen molar-refractivity contribution >= 4 is 0 Å². The molecule has 2 aliphatic heterocycles. The molecule has 2 fully saturated rings. The Morgan fingerprint density at radius 3 is 1.62 bits per heavy atom. The van der Waals surface area contributed by atoms with Crippen molar-refractivity contribution in [3.63, 3.8) is 0 Å². The second kappa shape index (κ2) is 14.8. The van der Waals surface area contributed by atoms with Crippen LogP contribution in [0.3, 0.4) is 0 Å². The lowest BCUT2D eigenvalue weighted by Crippen LogP contribution is -2.43. The quantitative estimate of drug-likeness (QED) is 0.332. The molecule has 0 bridgehead atoms. The van der Waals surface area contributed by atoms with E-state index in [0.29, 0.717) is 12.2 Å². The van der Waals surface area contributed by atoms with Crippen molar-refractivity contribution < 1.29 is 4.74 Å². The summed E-state index contributed by atoms with van der Waals surface area (Å²) in [5, 5.41) is 0. The molecule has 3 nitrogen and oxygen atoms in total. The largest absolute Gasteiger partial charge is 0.375 e. The topological polar surface area (TPSA) is 15.7 Å². The molecule has 172 valence electrons. The molecule has 0 aromatic rings. The van der Waals surface area contributed by atoms with E-state index < -0.39 is 0 Å². The highest BCUT2D eigenvalue weighted by Crippen LogP contribution is 2.24. The maximum Gasteiger partial charge on any atom is 0.0603 e. The predicted octanol–water partition coefficient (Wildman–Crippen LogP) is 6.36. The Bertz CT molecular complexity index is 378. The minimum absolute atomic E-state index is 0.520. The van der Waals surface area contributed by atoms with Crippen LogP contribution in [0.25, 0.3) is 0 Å². The van der Waals surface area contributed by atoms with Gasteiger partial charge in [-0.25, -0.2) is 0 Å². The molecule has 1 atom stereocenters. The minimum atomic E-state index is 0.520. The van der Waals surface area contributed by atoms with Gasteiger partial charge in [0.25, 0.3) is 0 Å². The molecule has 0 aliphatic carbocycles. The van der Waals surface area contributed by atoms with Crippen LogP contribution in [0.1, 0.15) is 105 Å². The molecule has 0 aromatic heterocycles. The van der Waals surface area contributed by atoms with Crippen molar-refractivity contribution in [1.29, 1.82) is 0 Å². The summed E-state index contributed by atoms with van der Waals surface area (Å²) in [5.74, 6) is 1.77. The number of nitrogens with zero attached hydrogens (tertiary/aromatic N) is 2. The summed E-state index contributed by atoms with van der Waals surface area (Å²) in [4.78, 5) is 5.42. The van der Waals surface area contributed by atoms with Gasteiger partial charge in [0, 0.05) is 39.3 Å². The molecule has 29 heavy (non-hydrogen) atoms. The highest BCUT2D eigenvalue weighted by Gasteiger charge is 2.27. The third kappa shape index (κ3) is 10.2. The van der Waals surface area contributed by atoms with Gasteiger partial charge in [-0.2, -0.15) is 0 Å². The van der Waals surface area contributed by atoms with Crippen LogP contribution in [-0.2, 0) is 4.74 Å². The summed E-state index contributed by atoms with van der Waals surface area (Å²) in [5.41, 5.74) is 0. The Labute approximate surface area is 182 Å². The number of rotatable bonds is 14. The summed E-state index contributed by atoms with van der Waals surface area (Å²) in [6.45, 7) is 17.0. The van der Waals surface area contributed by atoms with Gasteiger partial charge in [0.05, 0.1) is 12.2 Å². The molecule has 0 radical (unpaired) electrons. The summed E-state index contributed by atoms with van der Waals surface area (Å²) in [6, 6.07) is 0. The SMILES string of the molecule is CCCCC(CCCC)CN1CCC(OC2CCN(CC(C)CCC)CC2)CC1. The number of hydrogen-bond acceptors (Lipinski definition) is 3. The Kier molecular flexibility index (Phi) is 12.8. The highest BCUT2D eigenvalue weighted by atomic mass is 16.5. The van der Waals surface area contributed by atoms with E-state index in [-0.39, 0.29) is 0 Å². The number of hydrogen-bond donors (Lipinski definition) is 0. The van der Waals surface area contributed by atoms with E-state index in [0.717, 1.165) is 11.8 Å². The van der Waals surface area contributed by atoms with Crippen molar-refractivity contribution in [3.05, 3.63) is 0 Å². The van der Waals surface area contributed by atoms with E-state index in [4.69, 9.17) is 4.74 Å². The van der Waals surface area contributed by atoms with Gasteiger partial charge in [0.2, 0.25) is 0 Å². The summed E-state index contributed by atoms with van der Waals surface area (Å²) >= 11 is 0. The number of piperidine rings is 2. The van der Waals surface area contributed by atoms with E-state index in [2.05, 4.69) is 37.5 Å². The molecule has 2 heterocycles.